The number of nitrogens with zero attached hydrogens (tertiary/aromatic N) is 1. The average molecular weight is 391 g/mol. The van der Waals surface area contributed by atoms with Crippen LogP contribution in [0.4, 0.5) is 0 Å². The Morgan fingerprint density at radius 3 is 1.63 bits per heavy atom. The summed E-state index contributed by atoms with van der Waals surface area (Å²) in [6.07, 6.45) is -0.466. The second kappa shape index (κ2) is 9.60. The Labute approximate surface area is 161 Å². The minimum Gasteiger partial charge on any atom is -0.372 e. The van der Waals surface area contributed by atoms with Gasteiger partial charge in [-0.05, 0) is 27.7 Å². The molecule has 0 aromatic heterocycles. The summed E-state index contributed by atoms with van der Waals surface area (Å²) in [6, 6.07) is 0. The van der Waals surface area contributed by atoms with E-state index in [9.17, 15) is 4.79 Å². The fourth-order valence-electron chi connectivity index (χ4n) is 2.59. The van der Waals surface area contributed by atoms with E-state index in [1.165, 1.54) is 12.2 Å². The van der Waals surface area contributed by atoms with Gasteiger partial charge in [-0.15, -0.1) is 0 Å². The molecule has 9 nitrogen and oxygen atoms in total. The van der Waals surface area contributed by atoms with E-state index < -0.39 is 17.5 Å². The van der Waals surface area contributed by atoms with Crippen LogP contribution in [0, 0.1) is 5.92 Å². The smallest absolute Gasteiger partial charge is 0.253 e. The van der Waals surface area contributed by atoms with Crippen LogP contribution in [0.5, 0.6) is 0 Å². The van der Waals surface area contributed by atoms with Crippen molar-refractivity contribution in [2.75, 3.05) is 53.8 Å². The van der Waals surface area contributed by atoms with Gasteiger partial charge in [0, 0.05) is 7.05 Å². The zero-order chi connectivity index (χ0) is 20.1. The fraction of sp³-hybridized carbons (Fsp3) is 0.944. The Kier molecular flexibility index (Phi) is 7.99. The van der Waals surface area contributed by atoms with Crippen molar-refractivity contribution in [2.24, 2.45) is 5.92 Å². The highest BCUT2D eigenvalue weighted by Crippen LogP contribution is 2.21. The third-order valence-corrected chi connectivity index (χ3v) is 4.47. The molecule has 0 aliphatic carbocycles. The molecule has 0 bridgehead atoms. The van der Waals surface area contributed by atoms with E-state index in [4.69, 9.17) is 33.3 Å². The van der Waals surface area contributed by atoms with Crippen molar-refractivity contribution in [3.8, 4) is 0 Å². The molecule has 1 amide bonds. The Morgan fingerprint density at radius 2 is 1.30 bits per heavy atom. The molecule has 2 saturated heterocycles. The zero-order valence-electron chi connectivity index (χ0n) is 17.2. The Balaban J connectivity index is 1.83. The third kappa shape index (κ3) is 7.26. The van der Waals surface area contributed by atoms with Crippen LogP contribution in [0.25, 0.3) is 0 Å². The van der Waals surface area contributed by atoms with Crippen molar-refractivity contribution in [3.05, 3.63) is 0 Å². The van der Waals surface area contributed by atoms with Gasteiger partial charge in [0.1, 0.15) is 12.2 Å². The molecule has 0 unspecified atom stereocenters. The van der Waals surface area contributed by atoms with Crippen LogP contribution in [0.1, 0.15) is 27.7 Å². The first kappa shape index (κ1) is 22.5. The van der Waals surface area contributed by atoms with Crippen LogP contribution in [-0.4, -0.2) is 88.6 Å². The second-order valence-electron chi connectivity index (χ2n) is 7.67. The predicted molar refractivity (Wildman–Crippen MR) is 94.7 cm³/mol. The van der Waals surface area contributed by atoms with Crippen LogP contribution in [0.15, 0.2) is 0 Å². The van der Waals surface area contributed by atoms with Gasteiger partial charge >= 0.3 is 0 Å². The van der Waals surface area contributed by atoms with Crippen molar-refractivity contribution in [2.45, 2.75) is 51.5 Å². The van der Waals surface area contributed by atoms with Crippen LogP contribution in [0.3, 0.4) is 0 Å². The van der Waals surface area contributed by atoms with Crippen molar-refractivity contribution in [1.29, 1.82) is 0 Å². The van der Waals surface area contributed by atoms with E-state index >= 15 is 0 Å². The van der Waals surface area contributed by atoms with E-state index in [2.05, 4.69) is 0 Å². The summed E-state index contributed by atoms with van der Waals surface area (Å²) in [4.78, 5) is 17.5. The van der Waals surface area contributed by atoms with Crippen LogP contribution in [0.2, 0.25) is 0 Å². The minimum atomic E-state index is -0.608. The number of hydrogen-bond acceptors (Lipinski definition) is 8. The molecule has 0 N–H and O–H groups in total. The monoisotopic (exact) mass is 391 g/mol. The fourth-order valence-corrected chi connectivity index (χ4v) is 2.59. The lowest BCUT2D eigenvalue weighted by Gasteiger charge is -2.36. The molecule has 0 aromatic rings. The van der Waals surface area contributed by atoms with Gasteiger partial charge in [-0.3, -0.25) is 9.63 Å². The van der Waals surface area contributed by atoms with Crippen molar-refractivity contribution < 1.29 is 38.1 Å². The third-order valence-electron chi connectivity index (χ3n) is 4.47. The number of carbonyl (C=O) groups is 1. The highest BCUT2D eigenvalue weighted by atomic mass is 16.7. The Bertz CT molecular complexity index is 432. The van der Waals surface area contributed by atoms with E-state index in [1.54, 1.807) is 7.05 Å². The first-order valence-corrected chi connectivity index (χ1v) is 9.22. The maximum Gasteiger partial charge on any atom is 0.253 e. The lowest BCUT2D eigenvalue weighted by molar-refractivity contribution is -0.284. The number of ether oxygens (including phenoxy) is 6. The topological polar surface area (TPSA) is 84.9 Å². The zero-order valence-corrected chi connectivity index (χ0v) is 17.2. The predicted octanol–water partition coefficient (Wildman–Crippen LogP) is 0.959. The largest absolute Gasteiger partial charge is 0.372 e. The summed E-state index contributed by atoms with van der Waals surface area (Å²) >= 11 is 0. The van der Waals surface area contributed by atoms with Gasteiger partial charge in [0.05, 0.1) is 52.7 Å². The van der Waals surface area contributed by atoms with Gasteiger partial charge in [0.2, 0.25) is 0 Å². The van der Waals surface area contributed by atoms with E-state index in [0.29, 0.717) is 26.4 Å². The summed E-state index contributed by atoms with van der Waals surface area (Å²) in [7, 11) is 2.99. The molecule has 0 spiro atoms. The van der Waals surface area contributed by atoms with Crippen LogP contribution >= 0.6 is 0 Å². The maximum absolute atomic E-state index is 12.5. The first-order chi connectivity index (χ1) is 12.6. The molecule has 2 rings (SSSR count). The molecule has 2 aliphatic heterocycles. The molecule has 158 valence electrons. The maximum atomic E-state index is 12.5. The lowest BCUT2D eigenvalue weighted by atomic mass is 10.1. The standard InChI is InChI=1S/C18H33NO8/c1-17(2)24-9-14(10-25-17)22-7-13(16(20)19(5)21-6)8-23-15-11-26-18(3,4)27-12-15/h13-15H,7-12H2,1-6H3. The van der Waals surface area contributed by atoms with Crippen LogP contribution in [-0.2, 0) is 38.1 Å². The molecule has 0 radical (unpaired) electrons. The molecular weight excluding hydrogens is 358 g/mol. The summed E-state index contributed by atoms with van der Waals surface area (Å²) in [5.41, 5.74) is 0. The number of rotatable bonds is 8. The summed E-state index contributed by atoms with van der Waals surface area (Å²) in [6.45, 7) is 9.40. The summed E-state index contributed by atoms with van der Waals surface area (Å²) in [5, 5.41) is 1.17. The summed E-state index contributed by atoms with van der Waals surface area (Å²) < 4.78 is 34.0. The highest BCUT2D eigenvalue weighted by molar-refractivity contribution is 5.77. The average Bonchev–Trinajstić information content (AvgIpc) is 2.62. The second-order valence-corrected chi connectivity index (χ2v) is 7.67. The number of carbonyl (C=O) groups excluding carboxylic acids is 1. The highest BCUT2D eigenvalue weighted by Gasteiger charge is 2.33. The molecule has 9 heteroatoms. The Morgan fingerprint density at radius 1 is 0.926 bits per heavy atom. The SMILES string of the molecule is CON(C)C(=O)C(COC1COC(C)(C)OC1)COC1COC(C)(C)OC1. The minimum absolute atomic E-state index is 0.171. The molecule has 0 aromatic carbocycles. The van der Waals surface area contributed by atoms with Crippen LogP contribution < -0.4 is 0 Å². The molecule has 2 heterocycles. The summed E-state index contributed by atoms with van der Waals surface area (Å²) in [5.74, 6) is -1.97. The molecule has 0 saturated carbocycles. The van der Waals surface area contributed by atoms with E-state index in [1.807, 2.05) is 27.7 Å². The number of hydroxylamine groups is 2. The normalized spacial score (nSPS) is 23.5. The molecule has 0 atom stereocenters. The number of hydrogen-bond donors (Lipinski definition) is 0. The van der Waals surface area contributed by atoms with Gasteiger partial charge in [0.25, 0.3) is 5.91 Å². The molecule has 27 heavy (non-hydrogen) atoms. The molecule has 2 aliphatic rings. The van der Waals surface area contributed by atoms with Gasteiger partial charge in [-0.25, -0.2) is 5.06 Å². The Hall–Kier alpha value is -0.810. The van der Waals surface area contributed by atoms with Gasteiger partial charge in [-0.2, -0.15) is 0 Å². The lowest BCUT2D eigenvalue weighted by Crippen LogP contribution is -2.46. The molecule has 2 fully saturated rings. The van der Waals surface area contributed by atoms with Gasteiger partial charge in [0.15, 0.2) is 11.6 Å². The first-order valence-electron chi connectivity index (χ1n) is 9.22. The van der Waals surface area contributed by atoms with Crippen molar-refractivity contribution >= 4 is 5.91 Å². The van der Waals surface area contributed by atoms with E-state index in [0.717, 1.165) is 0 Å². The molecular formula is C18H33NO8. The van der Waals surface area contributed by atoms with Crippen molar-refractivity contribution in [3.63, 3.8) is 0 Å². The number of amides is 1. The van der Waals surface area contributed by atoms with E-state index in [-0.39, 0.29) is 31.3 Å². The van der Waals surface area contributed by atoms with Gasteiger partial charge in [-0.1, -0.05) is 0 Å². The quantitative estimate of drug-likeness (QED) is 0.566. The van der Waals surface area contributed by atoms with Gasteiger partial charge < -0.3 is 28.4 Å². The van der Waals surface area contributed by atoms with Crippen molar-refractivity contribution in [1.82, 2.24) is 5.06 Å².